The highest BCUT2D eigenvalue weighted by Crippen LogP contribution is 2.25. The lowest BCUT2D eigenvalue weighted by Crippen LogP contribution is -2.06. The molecule has 0 fully saturated rings. The number of nitrogens with zero attached hydrogens (tertiary/aromatic N) is 4. The highest BCUT2D eigenvalue weighted by molar-refractivity contribution is 9.10. The Morgan fingerprint density at radius 3 is 2.58 bits per heavy atom. The van der Waals surface area contributed by atoms with Crippen LogP contribution in [0, 0.1) is 13.8 Å². The summed E-state index contributed by atoms with van der Waals surface area (Å²) in [7, 11) is 0. The van der Waals surface area contributed by atoms with E-state index in [2.05, 4.69) is 36.3 Å². The first kappa shape index (κ1) is 14.9. The average Bonchev–Trinajstić information content (AvgIpc) is 3.22. The van der Waals surface area contributed by atoms with Crippen LogP contribution in [0.1, 0.15) is 11.3 Å². The molecule has 120 valence electrons. The molecule has 0 bridgehead atoms. The molecule has 0 saturated heterocycles. The number of hydrogen-bond acceptors (Lipinski definition) is 5. The molecule has 24 heavy (non-hydrogen) atoms. The van der Waals surface area contributed by atoms with Gasteiger partial charge in [0.1, 0.15) is 5.82 Å². The number of anilines is 2. The van der Waals surface area contributed by atoms with Crippen molar-refractivity contribution in [2.24, 2.45) is 0 Å². The van der Waals surface area contributed by atoms with Gasteiger partial charge in [-0.15, -0.1) is 5.10 Å². The van der Waals surface area contributed by atoms with Gasteiger partial charge >= 0.3 is 0 Å². The van der Waals surface area contributed by atoms with E-state index in [1.165, 1.54) is 0 Å². The van der Waals surface area contributed by atoms with Gasteiger partial charge in [-0.1, -0.05) is 15.9 Å². The molecule has 0 unspecified atom stereocenters. The van der Waals surface area contributed by atoms with E-state index in [1.807, 2.05) is 50.2 Å². The van der Waals surface area contributed by atoms with Crippen LogP contribution in [-0.4, -0.2) is 19.6 Å². The predicted molar refractivity (Wildman–Crippen MR) is 95.4 cm³/mol. The Labute approximate surface area is 146 Å². The molecular formula is C17H14BrN5O. The van der Waals surface area contributed by atoms with E-state index in [1.54, 1.807) is 10.8 Å². The zero-order chi connectivity index (χ0) is 16.7. The summed E-state index contributed by atoms with van der Waals surface area (Å²) in [5, 5.41) is 7.96. The summed E-state index contributed by atoms with van der Waals surface area (Å²) in [5.41, 5.74) is 2.88. The van der Waals surface area contributed by atoms with E-state index in [4.69, 9.17) is 4.42 Å². The number of fused-ring (bicyclic) bond motifs is 1. The van der Waals surface area contributed by atoms with Crippen molar-refractivity contribution in [3.05, 3.63) is 58.4 Å². The van der Waals surface area contributed by atoms with E-state index in [9.17, 15) is 0 Å². The van der Waals surface area contributed by atoms with Crippen LogP contribution in [0.3, 0.4) is 0 Å². The van der Waals surface area contributed by atoms with E-state index < -0.39 is 0 Å². The number of rotatable bonds is 3. The van der Waals surface area contributed by atoms with Crippen molar-refractivity contribution < 1.29 is 4.42 Å². The van der Waals surface area contributed by atoms with Gasteiger partial charge in [-0.05, 0) is 50.2 Å². The monoisotopic (exact) mass is 383 g/mol. The summed E-state index contributed by atoms with van der Waals surface area (Å²) in [5.74, 6) is 2.50. The number of aryl methyl sites for hydroxylation is 1. The molecule has 0 amide bonds. The molecule has 3 aromatic heterocycles. The highest BCUT2D eigenvalue weighted by Gasteiger charge is 2.16. The van der Waals surface area contributed by atoms with Gasteiger partial charge in [-0.25, -0.2) is 4.98 Å². The highest BCUT2D eigenvalue weighted by atomic mass is 79.9. The zero-order valence-electron chi connectivity index (χ0n) is 13.1. The topological polar surface area (TPSA) is 68.2 Å². The Morgan fingerprint density at radius 2 is 1.88 bits per heavy atom. The summed E-state index contributed by atoms with van der Waals surface area (Å²) in [4.78, 5) is 9.00. The Hall–Kier alpha value is -2.67. The average molecular weight is 384 g/mol. The molecule has 6 nitrogen and oxygen atoms in total. The molecule has 0 spiro atoms. The third-order valence-corrected chi connectivity index (χ3v) is 4.34. The van der Waals surface area contributed by atoms with Crippen molar-refractivity contribution in [1.82, 2.24) is 19.6 Å². The molecule has 4 rings (SSSR count). The van der Waals surface area contributed by atoms with E-state index in [0.29, 0.717) is 17.4 Å². The number of aromatic nitrogens is 4. The van der Waals surface area contributed by atoms with Crippen LogP contribution in [0.5, 0.6) is 0 Å². The maximum absolute atomic E-state index is 5.39. The standard InChI is InChI=1S/C17H14BrN5O/c1-10-11(2)19-17-21-15(14-4-3-9-24-14)22-23(17)16(10)20-13-7-5-12(18)6-8-13/h3-9,20H,1-2H3. The smallest absolute Gasteiger partial charge is 0.255 e. The van der Waals surface area contributed by atoms with E-state index in [0.717, 1.165) is 27.2 Å². The van der Waals surface area contributed by atoms with Gasteiger partial charge in [-0.3, -0.25) is 0 Å². The second-order valence-electron chi connectivity index (χ2n) is 5.43. The first-order valence-corrected chi connectivity index (χ1v) is 8.21. The van der Waals surface area contributed by atoms with Crippen molar-refractivity contribution in [3.8, 4) is 11.6 Å². The maximum Gasteiger partial charge on any atom is 0.255 e. The lowest BCUT2D eigenvalue weighted by atomic mass is 10.2. The van der Waals surface area contributed by atoms with Gasteiger partial charge in [0.15, 0.2) is 5.76 Å². The quantitative estimate of drug-likeness (QED) is 0.563. The lowest BCUT2D eigenvalue weighted by Gasteiger charge is -2.12. The first-order chi connectivity index (χ1) is 11.6. The summed E-state index contributed by atoms with van der Waals surface area (Å²) < 4.78 is 8.13. The number of benzene rings is 1. The van der Waals surface area contributed by atoms with Crippen LogP contribution >= 0.6 is 15.9 Å². The minimum atomic E-state index is 0.511. The van der Waals surface area contributed by atoms with Crippen LogP contribution < -0.4 is 5.32 Å². The van der Waals surface area contributed by atoms with Crippen molar-refractivity contribution >= 4 is 33.2 Å². The van der Waals surface area contributed by atoms with Gasteiger partial charge in [0.25, 0.3) is 5.78 Å². The molecule has 0 aliphatic carbocycles. The van der Waals surface area contributed by atoms with Gasteiger partial charge in [0.05, 0.1) is 6.26 Å². The largest absolute Gasteiger partial charge is 0.461 e. The number of nitrogens with one attached hydrogen (secondary N) is 1. The van der Waals surface area contributed by atoms with Crippen LogP contribution in [-0.2, 0) is 0 Å². The molecule has 7 heteroatoms. The Balaban J connectivity index is 1.86. The first-order valence-electron chi connectivity index (χ1n) is 7.42. The van der Waals surface area contributed by atoms with Gasteiger partial charge in [-0.2, -0.15) is 9.50 Å². The summed E-state index contributed by atoms with van der Waals surface area (Å²) in [6, 6.07) is 11.6. The lowest BCUT2D eigenvalue weighted by molar-refractivity contribution is 0.577. The zero-order valence-corrected chi connectivity index (χ0v) is 14.7. The molecule has 0 aliphatic rings. The fraction of sp³-hybridized carbons (Fsp3) is 0.118. The summed E-state index contributed by atoms with van der Waals surface area (Å²) >= 11 is 3.45. The third kappa shape index (κ3) is 2.56. The number of furan rings is 1. The van der Waals surface area contributed by atoms with Crippen LogP contribution in [0.2, 0.25) is 0 Å². The Morgan fingerprint density at radius 1 is 1.08 bits per heavy atom. The van der Waals surface area contributed by atoms with Gasteiger partial charge < -0.3 is 9.73 Å². The predicted octanol–water partition coefficient (Wildman–Crippen LogP) is 4.51. The van der Waals surface area contributed by atoms with E-state index in [-0.39, 0.29) is 0 Å². The summed E-state index contributed by atoms with van der Waals surface area (Å²) in [6.45, 7) is 3.97. The number of halogens is 1. The fourth-order valence-electron chi connectivity index (χ4n) is 2.42. The van der Waals surface area contributed by atoms with Crippen molar-refractivity contribution in [2.45, 2.75) is 13.8 Å². The Kier molecular flexibility index (Phi) is 3.57. The summed E-state index contributed by atoms with van der Waals surface area (Å²) in [6.07, 6.45) is 1.60. The molecule has 1 N–H and O–H groups in total. The Bertz CT molecular complexity index is 1010. The van der Waals surface area contributed by atoms with E-state index >= 15 is 0 Å². The molecule has 4 aromatic rings. The maximum atomic E-state index is 5.39. The fourth-order valence-corrected chi connectivity index (χ4v) is 2.68. The molecule has 1 aromatic carbocycles. The van der Waals surface area contributed by atoms with Crippen LogP contribution in [0.25, 0.3) is 17.4 Å². The molecule has 0 saturated carbocycles. The molecule has 0 atom stereocenters. The number of hydrogen-bond donors (Lipinski definition) is 1. The molecule has 0 aliphatic heterocycles. The molecular weight excluding hydrogens is 370 g/mol. The van der Waals surface area contributed by atoms with Gasteiger partial charge in [0.2, 0.25) is 5.82 Å². The minimum Gasteiger partial charge on any atom is -0.461 e. The minimum absolute atomic E-state index is 0.511. The van der Waals surface area contributed by atoms with Crippen LogP contribution in [0.15, 0.2) is 51.6 Å². The molecule has 0 radical (unpaired) electrons. The molecule has 3 heterocycles. The SMILES string of the molecule is Cc1nc2nc(-c3ccco3)nn2c(Nc2ccc(Br)cc2)c1C. The second kappa shape index (κ2) is 5.76. The normalized spacial score (nSPS) is 11.1. The van der Waals surface area contributed by atoms with Crippen molar-refractivity contribution in [3.63, 3.8) is 0 Å². The van der Waals surface area contributed by atoms with Crippen molar-refractivity contribution in [2.75, 3.05) is 5.32 Å². The second-order valence-corrected chi connectivity index (χ2v) is 6.34. The van der Waals surface area contributed by atoms with Gasteiger partial charge in [0, 0.05) is 21.4 Å². The van der Waals surface area contributed by atoms with Crippen LogP contribution in [0.4, 0.5) is 11.5 Å². The third-order valence-electron chi connectivity index (χ3n) is 3.82. The van der Waals surface area contributed by atoms with Crippen molar-refractivity contribution in [1.29, 1.82) is 0 Å².